The van der Waals surface area contributed by atoms with Crippen molar-refractivity contribution in [3.8, 4) is 11.1 Å². The number of aromatic amines is 1. The van der Waals surface area contributed by atoms with Crippen LogP contribution in [0.4, 0.5) is 0 Å². The normalized spacial score (nSPS) is 18.3. The quantitative estimate of drug-likeness (QED) is 0.165. The summed E-state index contributed by atoms with van der Waals surface area (Å²) < 4.78 is 13.0. The van der Waals surface area contributed by atoms with Gasteiger partial charge in [0, 0.05) is 29.8 Å². The van der Waals surface area contributed by atoms with Gasteiger partial charge in [-0.25, -0.2) is 4.98 Å². The highest BCUT2D eigenvalue weighted by Crippen LogP contribution is 2.40. The molecule has 3 atom stereocenters. The maximum atomic E-state index is 12.5. The smallest absolute Gasteiger partial charge is 0.251 e. The number of hydrogen-bond donors (Lipinski definition) is 3. The molecule has 1 saturated heterocycles. The van der Waals surface area contributed by atoms with Gasteiger partial charge in [0.25, 0.3) is 5.91 Å². The van der Waals surface area contributed by atoms with E-state index in [1.807, 2.05) is 66.7 Å². The van der Waals surface area contributed by atoms with E-state index in [-0.39, 0.29) is 24.7 Å². The molecule has 43 heavy (non-hydrogen) atoms. The number of aromatic nitrogens is 3. The van der Waals surface area contributed by atoms with Gasteiger partial charge < -0.3 is 19.9 Å². The molecule has 4 aromatic carbocycles. The van der Waals surface area contributed by atoms with Crippen molar-refractivity contribution in [3.63, 3.8) is 0 Å². The molecule has 1 aromatic heterocycles. The largest absolute Gasteiger partial charge is 0.392 e. The van der Waals surface area contributed by atoms with Gasteiger partial charge in [-0.05, 0) is 52.1 Å². The van der Waals surface area contributed by atoms with Crippen molar-refractivity contribution in [2.75, 3.05) is 5.75 Å². The van der Waals surface area contributed by atoms with E-state index >= 15 is 0 Å². The zero-order valence-electron chi connectivity index (χ0n) is 23.4. The summed E-state index contributed by atoms with van der Waals surface area (Å²) in [6.45, 7) is 0.429. The van der Waals surface area contributed by atoms with Crippen LogP contribution in [0, 0.1) is 0 Å². The Kier molecular flexibility index (Phi) is 9.25. The van der Waals surface area contributed by atoms with Crippen LogP contribution in [-0.2, 0) is 22.6 Å². The van der Waals surface area contributed by atoms with Crippen molar-refractivity contribution in [2.45, 2.75) is 43.2 Å². The first-order chi connectivity index (χ1) is 21.1. The monoisotopic (exact) mass is 592 g/mol. The highest BCUT2D eigenvalue weighted by Gasteiger charge is 2.32. The summed E-state index contributed by atoms with van der Waals surface area (Å²) in [4.78, 5) is 16.8. The number of hydrogen-bond acceptors (Lipinski definition) is 7. The highest BCUT2D eigenvalue weighted by molar-refractivity contribution is 7.99. The average molecular weight is 593 g/mol. The molecule has 8 nitrogen and oxygen atoms in total. The van der Waals surface area contributed by atoms with Gasteiger partial charge in [0.1, 0.15) is 6.33 Å². The molecule has 3 unspecified atom stereocenters. The fourth-order valence-electron chi connectivity index (χ4n) is 5.06. The summed E-state index contributed by atoms with van der Waals surface area (Å²) in [7, 11) is 0. The summed E-state index contributed by atoms with van der Waals surface area (Å²) >= 11 is 1.57. The van der Waals surface area contributed by atoms with E-state index in [1.54, 1.807) is 23.9 Å². The second-order valence-corrected chi connectivity index (χ2v) is 11.3. The van der Waals surface area contributed by atoms with Crippen LogP contribution in [-0.4, -0.2) is 38.1 Å². The molecule has 1 aliphatic heterocycles. The number of aliphatic hydroxyl groups excluding tert-OH is 1. The SMILES string of the molecule is O=C(NCc1cccc(-c2cccc(C3OC(CSc4ncn[nH]4)CC(c4ccc(CO)cc4)O3)c2)c1)c1ccccc1. The Morgan fingerprint density at radius 2 is 1.67 bits per heavy atom. The Morgan fingerprint density at radius 3 is 2.44 bits per heavy atom. The zero-order chi connectivity index (χ0) is 29.4. The number of nitrogens with zero attached hydrogens (tertiary/aromatic N) is 2. The van der Waals surface area contributed by atoms with Gasteiger partial charge >= 0.3 is 0 Å². The van der Waals surface area contributed by atoms with Crippen LogP contribution in [0.2, 0.25) is 0 Å². The fourth-order valence-corrected chi connectivity index (χ4v) is 5.86. The molecule has 0 bridgehead atoms. The van der Waals surface area contributed by atoms with Gasteiger partial charge in [-0.2, -0.15) is 5.10 Å². The summed E-state index contributed by atoms with van der Waals surface area (Å²) in [6, 6.07) is 33.5. The lowest BCUT2D eigenvalue weighted by atomic mass is 9.99. The Labute approximate surface area is 254 Å². The Bertz CT molecular complexity index is 1630. The topological polar surface area (TPSA) is 109 Å². The molecule has 5 aromatic rings. The molecule has 0 aliphatic carbocycles. The summed E-state index contributed by atoms with van der Waals surface area (Å²) in [5.41, 5.74) is 6.54. The van der Waals surface area contributed by atoms with Crippen LogP contribution in [0.15, 0.2) is 115 Å². The summed E-state index contributed by atoms with van der Waals surface area (Å²) in [5, 5.41) is 20.1. The molecule has 6 rings (SSSR count). The van der Waals surface area contributed by atoms with Crippen LogP contribution in [0.5, 0.6) is 0 Å². The third-order valence-electron chi connectivity index (χ3n) is 7.32. The minimum Gasteiger partial charge on any atom is -0.392 e. The number of carbonyl (C=O) groups is 1. The van der Waals surface area contributed by atoms with Crippen molar-refractivity contribution in [3.05, 3.63) is 137 Å². The molecule has 2 heterocycles. The van der Waals surface area contributed by atoms with Gasteiger partial charge in [-0.3, -0.25) is 9.89 Å². The molecule has 3 N–H and O–H groups in total. The molecule has 1 fully saturated rings. The number of rotatable bonds is 10. The molecule has 1 amide bonds. The Morgan fingerprint density at radius 1 is 0.884 bits per heavy atom. The number of thioether (sulfide) groups is 1. The van der Waals surface area contributed by atoms with Gasteiger partial charge in [0.2, 0.25) is 0 Å². The molecule has 0 spiro atoms. The number of benzene rings is 4. The minimum absolute atomic E-state index is 0.00137. The van der Waals surface area contributed by atoms with Crippen molar-refractivity contribution < 1.29 is 19.4 Å². The van der Waals surface area contributed by atoms with Gasteiger partial charge in [0.15, 0.2) is 11.4 Å². The first-order valence-corrected chi connectivity index (χ1v) is 15.1. The number of ether oxygens (including phenoxy) is 2. The Balaban J connectivity index is 1.19. The van der Waals surface area contributed by atoms with E-state index in [2.05, 4.69) is 44.8 Å². The highest BCUT2D eigenvalue weighted by atomic mass is 32.2. The number of carbonyl (C=O) groups excluding carboxylic acids is 1. The van der Waals surface area contributed by atoms with E-state index < -0.39 is 6.29 Å². The molecule has 0 saturated carbocycles. The molecular weight excluding hydrogens is 560 g/mol. The number of nitrogens with one attached hydrogen (secondary N) is 2. The number of H-pyrrole nitrogens is 1. The van der Waals surface area contributed by atoms with Crippen molar-refractivity contribution in [1.82, 2.24) is 20.5 Å². The fraction of sp³-hybridized carbons (Fsp3) is 0.206. The van der Waals surface area contributed by atoms with Crippen molar-refractivity contribution >= 4 is 17.7 Å². The zero-order valence-corrected chi connectivity index (χ0v) is 24.2. The molecule has 0 radical (unpaired) electrons. The van der Waals surface area contributed by atoms with Crippen molar-refractivity contribution in [2.24, 2.45) is 0 Å². The molecular formula is C34H32N4O4S. The number of aliphatic hydroxyl groups is 1. The van der Waals surface area contributed by atoms with Crippen LogP contribution in [0.3, 0.4) is 0 Å². The maximum Gasteiger partial charge on any atom is 0.251 e. The molecule has 9 heteroatoms. The van der Waals surface area contributed by atoms with E-state index in [1.165, 1.54) is 6.33 Å². The maximum absolute atomic E-state index is 12.5. The van der Waals surface area contributed by atoms with Gasteiger partial charge in [-0.15, -0.1) is 0 Å². The number of amides is 1. The van der Waals surface area contributed by atoms with Gasteiger partial charge in [-0.1, -0.05) is 90.6 Å². The summed E-state index contributed by atoms with van der Waals surface area (Å²) in [6.07, 6.45) is 1.36. The predicted octanol–water partition coefficient (Wildman–Crippen LogP) is 6.23. The van der Waals surface area contributed by atoms with E-state index in [0.717, 1.165) is 38.5 Å². The summed E-state index contributed by atoms with van der Waals surface area (Å²) in [5.74, 6) is 0.590. The third-order valence-corrected chi connectivity index (χ3v) is 8.33. The lowest BCUT2D eigenvalue weighted by Gasteiger charge is -2.36. The van der Waals surface area contributed by atoms with Gasteiger partial charge in [0.05, 0.1) is 18.8 Å². The van der Waals surface area contributed by atoms with Crippen molar-refractivity contribution in [1.29, 1.82) is 0 Å². The van der Waals surface area contributed by atoms with E-state index in [9.17, 15) is 9.90 Å². The van der Waals surface area contributed by atoms with Crippen LogP contribution in [0.1, 0.15) is 51.4 Å². The third kappa shape index (κ3) is 7.39. The lowest BCUT2D eigenvalue weighted by molar-refractivity contribution is -0.245. The lowest BCUT2D eigenvalue weighted by Crippen LogP contribution is -2.31. The first kappa shape index (κ1) is 28.8. The van der Waals surface area contributed by atoms with E-state index in [4.69, 9.17) is 9.47 Å². The predicted molar refractivity (Wildman–Crippen MR) is 165 cm³/mol. The van der Waals surface area contributed by atoms with Crippen LogP contribution in [0.25, 0.3) is 11.1 Å². The van der Waals surface area contributed by atoms with E-state index in [0.29, 0.717) is 24.3 Å². The second-order valence-electron chi connectivity index (χ2n) is 10.3. The molecule has 1 aliphatic rings. The second kappa shape index (κ2) is 13.8. The first-order valence-electron chi connectivity index (χ1n) is 14.2. The average Bonchev–Trinajstić information content (AvgIpc) is 3.61. The minimum atomic E-state index is -0.565. The standard InChI is InChI=1S/C34H32N4O4S/c39-20-23-12-14-25(15-13-23)31-18-30(21-43-34-36-22-37-38-34)41-33(42-31)29-11-5-10-28(17-29)27-9-4-6-24(16-27)19-35-32(40)26-7-2-1-3-8-26/h1-17,22,30-31,33,39H,18-21H2,(H,35,40)(H,36,37,38). The van der Waals surface area contributed by atoms with Crippen LogP contribution < -0.4 is 5.32 Å². The van der Waals surface area contributed by atoms with Crippen LogP contribution >= 0.6 is 11.8 Å². The molecule has 218 valence electrons. The Hall–Kier alpha value is -4.28.